The number of fused-ring (bicyclic) bond motifs is 4. The van der Waals surface area contributed by atoms with Gasteiger partial charge in [-0.2, -0.15) is 0 Å². The first-order valence-corrected chi connectivity index (χ1v) is 18.9. The number of benzene rings is 3. The van der Waals surface area contributed by atoms with Gasteiger partial charge in [0.1, 0.15) is 5.75 Å². The number of likely N-dealkylation sites (N-methyl/N-ethyl adjacent to an activating group) is 1. The first kappa shape index (κ1) is 30.6. The van der Waals surface area contributed by atoms with E-state index in [4.69, 9.17) is 9.47 Å². The van der Waals surface area contributed by atoms with Crippen LogP contribution in [0.1, 0.15) is 42.1 Å². The number of hydrogen-bond acceptors (Lipinski definition) is 7. The Morgan fingerprint density at radius 1 is 1.02 bits per heavy atom. The fourth-order valence-corrected chi connectivity index (χ4v) is 10.8. The summed E-state index contributed by atoms with van der Waals surface area (Å²) in [6.07, 6.45) is 0.856. The number of nitrogens with zero attached hydrogens (tertiary/aromatic N) is 3. The van der Waals surface area contributed by atoms with Crippen molar-refractivity contribution in [3.8, 4) is 11.5 Å². The van der Waals surface area contributed by atoms with Crippen molar-refractivity contribution in [3.05, 3.63) is 77.9 Å². The Bertz CT molecular complexity index is 1740. The molecule has 0 aromatic heterocycles. The lowest BCUT2D eigenvalue weighted by molar-refractivity contribution is -0.149. The van der Waals surface area contributed by atoms with Crippen molar-refractivity contribution >= 4 is 43.1 Å². The quantitative estimate of drug-likeness (QED) is 0.380. The summed E-state index contributed by atoms with van der Waals surface area (Å²) in [4.78, 5) is 58.6. The van der Waals surface area contributed by atoms with Gasteiger partial charge in [0.05, 0.1) is 42.1 Å². The Morgan fingerprint density at radius 3 is 2.48 bits per heavy atom. The van der Waals surface area contributed by atoms with E-state index in [0.717, 1.165) is 12.8 Å². The van der Waals surface area contributed by atoms with Crippen LogP contribution in [0.5, 0.6) is 11.5 Å². The van der Waals surface area contributed by atoms with Gasteiger partial charge in [0.25, 0.3) is 11.8 Å². The Hall–Kier alpha value is -4.03. The molecule has 2 saturated heterocycles. The van der Waals surface area contributed by atoms with Crippen LogP contribution in [-0.4, -0.2) is 73.2 Å². The molecule has 0 aliphatic carbocycles. The SMILES string of the molecule is C[C@H]1[C@H]([Si](C)(C)O)[C@@H](CC(=O)N2CCC[C@H]2CO)O[C@]12C(=O)N(C)c1ccc(N3C(=O)c4ccccc4Oc4ccccc43)cc12. The van der Waals surface area contributed by atoms with E-state index in [1.54, 1.807) is 39.9 Å². The van der Waals surface area contributed by atoms with E-state index in [9.17, 15) is 24.3 Å². The number of anilines is 3. The molecule has 0 saturated carbocycles. The molecule has 7 rings (SSSR count). The number of rotatable bonds is 5. The molecule has 0 bridgehead atoms. The third-order valence-electron chi connectivity index (χ3n) is 10.3. The summed E-state index contributed by atoms with van der Waals surface area (Å²) in [6.45, 7) is 6.04. The van der Waals surface area contributed by atoms with E-state index in [1.165, 1.54) is 0 Å². The zero-order chi connectivity index (χ0) is 32.5. The van der Waals surface area contributed by atoms with Crippen LogP contribution >= 0.6 is 0 Å². The Balaban J connectivity index is 1.33. The maximum absolute atomic E-state index is 14.3. The summed E-state index contributed by atoms with van der Waals surface area (Å²) in [6, 6.07) is 19.7. The lowest BCUT2D eigenvalue weighted by atomic mass is 9.82. The number of carbonyl (C=O) groups excluding carboxylic acids is 3. The number of aliphatic hydroxyl groups excluding tert-OH is 1. The van der Waals surface area contributed by atoms with Crippen LogP contribution in [0.25, 0.3) is 0 Å². The molecule has 46 heavy (non-hydrogen) atoms. The normalized spacial score (nSPS) is 27.0. The molecule has 240 valence electrons. The number of para-hydroxylation sites is 3. The molecule has 3 aromatic carbocycles. The fraction of sp³-hybridized carbons (Fsp3) is 0.400. The molecule has 3 aromatic rings. The zero-order valence-electron chi connectivity index (χ0n) is 26.5. The van der Waals surface area contributed by atoms with Gasteiger partial charge in [0, 0.05) is 36.3 Å². The Labute approximate surface area is 269 Å². The topological polar surface area (TPSA) is 120 Å². The average molecular weight is 642 g/mol. The van der Waals surface area contributed by atoms with Gasteiger partial charge in [-0.05, 0) is 68.4 Å². The number of aliphatic hydroxyl groups is 1. The van der Waals surface area contributed by atoms with Gasteiger partial charge in [-0.25, -0.2) is 0 Å². The minimum atomic E-state index is -3.00. The molecule has 5 atom stereocenters. The van der Waals surface area contributed by atoms with Crippen molar-refractivity contribution in [3.63, 3.8) is 0 Å². The molecule has 0 unspecified atom stereocenters. The average Bonchev–Trinajstić information content (AvgIpc) is 3.66. The van der Waals surface area contributed by atoms with Crippen LogP contribution in [0, 0.1) is 5.92 Å². The summed E-state index contributed by atoms with van der Waals surface area (Å²) in [5, 5.41) is 9.85. The van der Waals surface area contributed by atoms with E-state index in [-0.39, 0.29) is 36.8 Å². The first-order valence-electron chi connectivity index (χ1n) is 15.9. The van der Waals surface area contributed by atoms with Gasteiger partial charge in [-0.3, -0.25) is 19.3 Å². The molecule has 4 aliphatic heterocycles. The molecule has 2 fully saturated rings. The third-order valence-corrected chi connectivity index (χ3v) is 12.8. The van der Waals surface area contributed by atoms with E-state index in [2.05, 4.69) is 0 Å². The molecular weight excluding hydrogens is 602 g/mol. The molecule has 11 heteroatoms. The lowest BCUT2D eigenvalue weighted by Crippen LogP contribution is -2.45. The van der Waals surface area contributed by atoms with Crippen LogP contribution < -0.4 is 14.5 Å². The molecule has 3 amide bonds. The number of carbonyl (C=O) groups is 3. The minimum absolute atomic E-state index is 0.00236. The molecule has 1 spiro atoms. The number of likely N-dealkylation sites (tertiary alicyclic amines) is 1. The van der Waals surface area contributed by atoms with Crippen molar-refractivity contribution in [2.45, 2.75) is 62.6 Å². The molecule has 4 aliphatic rings. The number of hydrogen-bond donors (Lipinski definition) is 2. The fourth-order valence-electron chi connectivity index (χ4n) is 8.22. The lowest BCUT2D eigenvalue weighted by Gasteiger charge is -2.33. The number of ether oxygens (including phenoxy) is 2. The monoisotopic (exact) mass is 641 g/mol. The van der Waals surface area contributed by atoms with Crippen molar-refractivity contribution in [2.75, 3.05) is 30.0 Å². The second kappa shape index (κ2) is 11.0. The van der Waals surface area contributed by atoms with Gasteiger partial charge < -0.3 is 29.2 Å². The molecule has 2 N–H and O–H groups in total. The summed E-state index contributed by atoms with van der Waals surface area (Å²) in [5.74, 6) is -0.184. The van der Waals surface area contributed by atoms with Crippen molar-refractivity contribution in [1.82, 2.24) is 4.90 Å². The van der Waals surface area contributed by atoms with Crippen molar-refractivity contribution in [2.24, 2.45) is 5.92 Å². The van der Waals surface area contributed by atoms with E-state index in [1.807, 2.05) is 68.5 Å². The first-order chi connectivity index (χ1) is 22.0. The van der Waals surface area contributed by atoms with E-state index >= 15 is 0 Å². The third kappa shape index (κ3) is 4.51. The van der Waals surface area contributed by atoms with Crippen LogP contribution in [0.3, 0.4) is 0 Å². The molecular formula is C35H39N3O7Si. The summed E-state index contributed by atoms with van der Waals surface area (Å²) >= 11 is 0. The number of amides is 3. The minimum Gasteiger partial charge on any atom is -0.454 e. The summed E-state index contributed by atoms with van der Waals surface area (Å²) in [7, 11) is -1.29. The van der Waals surface area contributed by atoms with Crippen LogP contribution in [0.4, 0.5) is 17.1 Å². The predicted molar refractivity (Wildman–Crippen MR) is 175 cm³/mol. The maximum atomic E-state index is 14.3. The summed E-state index contributed by atoms with van der Waals surface area (Å²) < 4.78 is 13.0. The van der Waals surface area contributed by atoms with Crippen molar-refractivity contribution in [1.29, 1.82) is 0 Å². The smallest absolute Gasteiger partial charge is 0.266 e. The largest absolute Gasteiger partial charge is 0.454 e. The highest BCUT2D eigenvalue weighted by Gasteiger charge is 2.66. The second-order valence-electron chi connectivity index (χ2n) is 13.4. The van der Waals surface area contributed by atoms with Gasteiger partial charge in [-0.15, -0.1) is 0 Å². The highest BCUT2D eigenvalue weighted by atomic mass is 28.4. The van der Waals surface area contributed by atoms with Gasteiger partial charge >= 0.3 is 0 Å². The van der Waals surface area contributed by atoms with Gasteiger partial charge in [-0.1, -0.05) is 31.2 Å². The zero-order valence-corrected chi connectivity index (χ0v) is 27.5. The predicted octanol–water partition coefficient (Wildman–Crippen LogP) is 4.92. The Morgan fingerprint density at radius 2 is 1.74 bits per heavy atom. The van der Waals surface area contributed by atoms with Crippen LogP contribution in [-0.2, 0) is 19.9 Å². The standard InChI is InChI=1S/C35H39N3O7Si/c1-21-32(46(3,4)43)30(19-31(40)37-17-9-10-23(37)20-39)45-35(21)25-18-22(15-16-26(25)36(2)34(35)42)38-27-12-6-8-14-29(27)44-28-13-7-5-11-24(28)33(38)41/h5-8,11-16,18,21,23,30,32,39,43H,9-10,17,19-20H2,1-4H3/t21-,23-,30+,32-,35+/m0/s1. The van der Waals surface area contributed by atoms with Crippen molar-refractivity contribution < 1.29 is 33.8 Å². The molecule has 4 heterocycles. The van der Waals surface area contributed by atoms with E-state index in [0.29, 0.717) is 46.2 Å². The highest BCUT2D eigenvalue weighted by Crippen LogP contribution is 2.60. The Kier molecular flexibility index (Phi) is 7.35. The summed E-state index contributed by atoms with van der Waals surface area (Å²) in [5.41, 5.74) is 0.852. The van der Waals surface area contributed by atoms with Crippen LogP contribution in [0.15, 0.2) is 66.7 Å². The molecule has 0 radical (unpaired) electrons. The van der Waals surface area contributed by atoms with Gasteiger partial charge in [0.15, 0.2) is 19.7 Å². The van der Waals surface area contributed by atoms with Gasteiger partial charge in [0.2, 0.25) is 5.91 Å². The second-order valence-corrected chi connectivity index (χ2v) is 17.4. The molecule has 10 nitrogen and oxygen atoms in total. The maximum Gasteiger partial charge on any atom is 0.266 e. The van der Waals surface area contributed by atoms with Crippen LogP contribution in [0.2, 0.25) is 18.6 Å². The highest BCUT2D eigenvalue weighted by molar-refractivity contribution is 6.71. The van der Waals surface area contributed by atoms with E-state index < -0.39 is 31.5 Å².